The summed E-state index contributed by atoms with van der Waals surface area (Å²) in [6.45, 7) is 14.7. The normalized spacial score (nSPS) is 38.1. The molecule has 0 bridgehead atoms. The highest BCUT2D eigenvalue weighted by Gasteiger charge is 2.36. The van der Waals surface area contributed by atoms with Crippen molar-refractivity contribution in [3.63, 3.8) is 0 Å². The molecule has 4 heteroatoms. The third kappa shape index (κ3) is 3.81. The van der Waals surface area contributed by atoms with E-state index < -0.39 is 14.9 Å². The Kier molecular flexibility index (Phi) is 5.35. The van der Waals surface area contributed by atoms with Gasteiger partial charge >= 0.3 is 0 Å². The first-order valence-corrected chi connectivity index (χ1v) is 10.7. The average molecular weight is 377 g/mol. The van der Waals surface area contributed by atoms with Crippen LogP contribution >= 0.6 is 0 Å². The molecule has 26 heavy (non-hydrogen) atoms. The van der Waals surface area contributed by atoms with E-state index in [1.54, 1.807) is 12.2 Å². The first kappa shape index (κ1) is 20.9. The van der Waals surface area contributed by atoms with Crippen molar-refractivity contribution in [3.05, 3.63) is 59.8 Å². The Labute approximate surface area is 159 Å². The van der Waals surface area contributed by atoms with Crippen LogP contribution in [0.2, 0.25) is 0 Å². The van der Waals surface area contributed by atoms with Crippen molar-refractivity contribution in [2.24, 2.45) is 22.7 Å². The van der Waals surface area contributed by atoms with Gasteiger partial charge in [-0.3, -0.25) is 4.55 Å². The van der Waals surface area contributed by atoms with Gasteiger partial charge in [0, 0.05) is 10.8 Å². The maximum Gasteiger partial charge on any atom is 0.277 e. The van der Waals surface area contributed by atoms with Crippen molar-refractivity contribution in [1.29, 1.82) is 0 Å². The highest BCUT2D eigenvalue weighted by molar-refractivity contribution is 7.87. The Bertz CT molecular complexity index is 771. The molecule has 2 rings (SSSR count). The summed E-state index contributed by atoms with van der Waals surface area (Å²) in [7, 11) is -4.24. The molecular weight excluding hydrogens is 344 g/mol. The Morgan fingerprint density at radius 1 is 0.769 bits per heavy atom. The SMILES string of the molecule is CC(C)C1(C)C=C2C=CC(C)(S(=O)(=O)O)C=C/C2=C/C(C)(C(C)C)/C=C\1. The van der Waals surface area contributed by atoms with Gasteiger partial charge < -0.3 is 0 Å². The molecule has 0 amide bonds. The average Bonchev–Trinajstić information content (AvgIpc) is 2.65. The molecule has 0 aliphatic heterocycles. The van der Waals surface area contributed by atoms with Gasteiger partial charge in [0.15, 0.2) is 0 Å². The van der Waals surface area contributed by atoms with Gasteiger partial charge in [-0.1, -0.05) is 90.2 Å². The van der Waals surface area contributed by atoms with Gasteiger partial charge in [0.05, 0.1) is 0 Å². The molecule has 0 heterocycles. The van der Waals surface area contributed by atoms with Gasteiger partial charge in [-0.2, -0.15) is 8.42 Å². The van der Waals surface area contributed by atoms with Crippen molar-refractivity contribution < 1.29 is 13.0 Å². The number of hydrogen-bond donors (Lipinski definition) is 1. The summed E-state index contributed by atoms with van der Waals surface area (Å²) in [5.41, 5.74) is 1.67. The summed E-state index contributed by atoms with van der Waals surface area (Å²) < 4.78 is 32.0. The van der Waals surface area contributed by atoms with Crippen LogP contribution in [0.3, 0.4) is 0 Å². The Morgan fingerprint density at radius 3 is 1.38 bits per heavy atom. The summed E-state index contributed by atoms with van der Waals surface area (Å²) in [6, 6.07) is 0. The van der Waals surface area contributed by atoms with Crippen molar-refractivity contribution in [2.45, 2.75) is 53.2 Å². The van der Waals surface area contributed by atoms with Gasteiger partial charge in [0.2, 0.25) is 0 Å². The first-order valence-electron chi connectivity index (χ1n) is 9.24. The fourth-order valence-electron chi connectivity index (χ4n) is 3.04. The topological polar surface area (TPSA) is 54.4 Å². The molecule has 2 aliphatic carbocycles. The minimum Gasteiger partial charge on any atom is -0.285 e. The minimum atomic E-state index is -4.24. The lowest BCUT2D eigenvalue weighted by atomic mass is 9.69. The van der Waals surface area contributed by atoms with Gasteiger partial charge in [-0.05, 0) is 29.9 Å². The summed E-state index contributed by atoms with van der Waals surface area (Å²) in [5, 5.41) is 0. The van der Waals surface area contributed by atoms with Crippen molar-refractivity contribution in [2.75, 3.05) is 0 Å². The highest BCUT2D eigenvalue weighted by Crippen LogP contribution is 2.42. The zero-order valence-corrected chi connectivity index (χ0v) is 17.8. The summed E-state index contributed by atoms with van der Waals surface area (Å²) in [6.07, 6.45) is 15.8. The summed E-state index contributed by atoms with van der Waals surface area (Å²) in [5.74, 6) is 0.770. The zero-order chi connectivity index (χ0) is 20.0. The predicted octanol–water partition coefficient (Wildman–Crippen LogP) is 5.51. The third-order valence-electron chi connectivity index (χ3n) is 6.30. The van der Waals surface area contributed by atoms with Crippen LogP contribution in [0.5, 0.6) is 0 Å². The maximum atomic E-state index is 11.9. The van der Waals surface area contributed by atoms with Gasteiger partial charge in [0.25, 0.3) is 10.1 Å². The van der Waals surface area contributed by atoms with E-state index in [1.807, 2.05) is 12.2 Å². The molecule has 0 fully saturated rings. The van der Waals surface area contributed by atoms with E-state index >= 15 is 0 Å². The second-order valence-electron chi connectivity index (χ2n) is 8.90. The minimum absolute atomic E-state index is 0.151. The van der Waals surface area contributed by atoms with Crippen LogP contribution in [-0.2, 0) is 10.1 Å². The Hall–Kier alpha value is -1.39. The van der Waals surface area contributed by atoms with E-state index in [-0.39, 0.29) is 10.8 Å². The number of rotatable bonds is 3. The third-order valence-corrected chi connectivity index (χ3v) is 7.68. The predicted molar refractivity (Wildman–Crippen MR) is 109 cm³/mol. The van der Waals surface area contributed by atoms with Crippen molar-refractivity contribution in [3.8, 4) is 0 Å². The fourth-order valence-corrected chi connectivity index (χ4v) is 3.52. The Morgan fingerprint density at radius 2 is 1.12 bits per heavy atom. The molecular formula is C22H32O3S. The monoisotopic (exact) mass is 376 g/mol. The maximum absolute atomic E-state index is 11.9. The molecule has 1 N–H and O–H groups in total. The quantitative estimate of drug-likeness (QED) is 0.522. The number of hydrogen-bond acceptors (Lipinski definition) is 2. The summed E-state index contributed by atoms with van der Waals surface area (Å²) >= 11 is 0. The van der Waals surface area contributed by atoms with Crippen molar-refractivity contribution >= 4 is 10.1 Å². The molecule has 144 valence electrons. The van der Waals surface area contributed by atoms with Crippen LogP contribution in [0.1, 0.15) is 48.5 Å². The van der Waals surface area contributed by atoms with Crippen LogP contribution in [0.4, 0.5) is 0 Å². The molecule has 3 nitrogen and oxygen atoms in total. The van der Waals surface area contributed by atoms with E-state index in [0.717, 1.165) is 11.1 Å². The lowest BCUT2D eigenvalue weighted by Gasteiger charge is -2.35. The van der Waals surface area contributed by atoms with Gasteiger partial charge in [0.1, 0.15) is 4.75 Å². The van der Waals surface area contributed by atoms with E-state index in [2.05, 4.69) is 65.8 Å². The second kappa shape index (κ2) is 6.65. The molecule has 0 spiro atoms. The first-order chi connectivity index (χ1) is 11.7. The molecule has 2 aliphatic rings. The van der Waals surface area contributed by atoms with Crippen LogP contribution in [0.15, 0.2) is 59.8 Å². The van der Waals surface area contributed by atoms with Crippen molar-refractivity contribution in [1.82, 2.24) is 0 Å². The zero-order valence-electron chi connectivity index (χ0n) is 16.9. The lowest BCUT2D eigenvalue weighted by molar-refractivity contribution is 0.351. The molecule has 0 aromatic heterocycles. The molecule has 0 saturated carbocycles. The highest BCUT2D eigenvalue weighted by atomic mass is 32.2. The van der Waals surface area contributed by atoms with Crippen LogP contribution in [0, 0.1) is 22.7 Å². The lowest BCUT2D eigenvalue weighted by Crippen LogP contribution is -2.29. The largest absolute Gasteiger partial charge is 0.285 e. The summed E-state index contributed by atoms with van der Waals surface area (Å²) in [4.78, 5) is 0. The fraction of sp³-hybridized carbons (Fsp3) is 0.545. The molecule has 3 unspecified atom stereocenters. The van der Waals surface area contributed by atoms with Crippen LogP contribution in [0.25, 0.3) is 0 Å². The van der Waals surface area contributed by atoms with E-state index in [1.165, 1.54) is 6.92 Å². The standard InChI is InChI=1S/C22H32O3S/c1-16(2)20(5)12-13-21(6,17(3)4)15-19-9-11-22(7,26(23,24)25)10-8-18(19)14-20/h8-17H,1-7H3,(H,23,24,25)/b13-12-,18-14-,19-15?. The van der Waals surface area contributed by atoms with Crippen LogP contribution < -0.4 is 0 Å². The molecule has 0 aromatic rings. The molecule has 0 saturated heterocycles. The van der Waals surface area contributed by atoms with Crippen LogP contribution in [-0.4, -0.2) is 17.7 Å². The number of fused-ring (bicyclic) bond motifs is 1. The van der Waals surface area contributed by atoms with E-state index in [0.29, 0.717) is 11.8 Å². The molecule has 0 aromatic carbocycles. The van der Waals surface area contributed by atoms with E-state index in [4.69, 9.17) is 0 Å². The smallest absolute Gasteiger partial charge is 0.277 e. The Balaban J connectivity index is 2.78. The molecule has 0 radical (unpaired) electrons. The molecule has 3 atom stereocenters. The van der Waals surface area contributed by atoms with Gasteiger partial charge in [-0.15, -0.1) is 0 Å². The second-order valence-corrected chi connectivity index (χ2v) is 10.7. The number of allylic oxidation sites excluding steroid dienone is 8. The van der Waals surface area contributed by atoms with Gasteiger partial charge in [-0.25, -0.2) is 0 Å². The van der Waals surface area contributed by atoms with E-state index in [9.17, 15) is 13.0 Å².